The predicted molar refractivity (Wildman–Crippen MR) is 265 cm³/mol. The monoisotopic (exact) mass is 944 g/mol. The van der Waals surface area contributed by atoms with Gasteiger partial charge >= 0.3 is 0 Å². The van der Waals surface area contributed by atoms with Crippen LogP contribution in [0.25, 0.3) is 10.9 Å². The summed E-state index contributed by atoms with van der Waals surface area (Å²) >= 11 is 0. The number of hydrogen-bond acceptors (Lipinski definition) is 9. The molecule has 1 aliphatic rings. The van der Waals surface area contributed by atoms with Gasteiger partial charge in [-0.25, -0.2) is 4.98 Å². The SMILES string of the molecule is CC(C)[C@@H](NC(=O)[C@H](CC1CCCCC1)NC(=O)[C@@H](Cc1c[nH]c2ccccc12)NC(=O)[C@@H](N)CCCN)C(=O)N[C@H](Cc1ccccc1)C(=O)N[C@@H](Cc1cn(Cc2ccccc2)cn1)C(N)=O. The van der Waals surface area contributed by atoms with Gasteiger partial charge in [0, 0.05) is 49.1 Å². The van der Waals surface area contributed by atoms with E-state index in [1.165, 1.54) is 0 Å². The summed E-state index contributed by atoms with van der Waals surface area (Å²) in [5.74, 6) is -4.07. The van der Waals surface area contributed by atoms with E-state index in [4.69, 9.17) is 17.2 Å². The molecule has 0 aliphatic heterocycles. The van der Waals surface area contributed by atoms with Gasteiger partial charge in [0.1, 0.15) is 30.2 Å². The van der Waals surface area contributed by atoms with Gasteiger partial charge in [0.25, 0.3) is 0 Å². The summed E-state index contributed by atoms with van der Waals surface area (Å²) in [6.45, 7) is 4.45. The zero-order valence-corrected chi connectivity index (χ0v) is 39.7. The molecule has 6 amide bonds. The molecule has 3 aromatic carbocycles. The summed E-state index contributed by atoms with van der Waals surface area (Å²) < 4.78 is 1.87. The Kier molecular flexibility index (Phi) is 19.0. The number of carbonyl (C=O) groups is 6. The van der Waals surface area contributed by atoms with E-state index in [9.17, 15) is 28.8 Å². The molecule has 368 valence electrons. The van der Waals surface area contributed by atoms with Crippen molar-refractivity contribution < 1.29 is 28.8 Å². The van der Waals surface area contributed by atoms with E-state index in [1.807, 2.05) is 89.5 Å². The van der Waals surface area contributed by atoms with Crippen LogP contribution >= 0.6 is 0 Å². The van der Waals surface area contributed by atoms with Crippen LogP contribution in [0, 0.1) is 11.8 Å². The summed E-state index contributed by atoms with van der Waals surface area (Å²) in [7, 11) is 0. The fourth-order valence-corrected chi connectivity index (χ4v) is 8.94. The molecule has 0 bridgehead atoms. The van der Waals surface area contributed by atoms with Crippen molar-refractivity contribution in [3.05, 3.63) is 126 Å². The van der Waals surface area contributed by atoms with Gasteiger partial charge in [0.2, 0.25) is 35.4 Å². The second-order valence-electron chi connectivity index (χ2n) is 18.6. The highest BCUT2D eigenvalue weighted by atomic mass is 16.2. The van der Waals surface area contributed by atoms with Gasteiger partial charge in [-0.2, -0.15) is 0 Å². The number of aromatic amines is 1. The predicted octanol–water partition coefficient (Wildman–Crippen LogP) is 3.04. The van der Waals surface area contributed by atoms with Crippen LogP contribution < -0.4 is 43.8 Å². The van der Waals surface area contributed by atoms with Gasteiger partial charge in [-0.1, -0.05) is 125 Å². The van der Waals surface area contributed by atoms with Crippen molar-refractivity contribution in [1.29, 1.82) is 0 Å². The van der Waals surface area contributed by atoms with Crippen molar-refractivity contribution >= 4 is 46.3 Å². The topological polar surface area (TPSA) is 274 Å². The Bertz CT molecular complexity index is 2470. The lowest BCUT2D eigenvalue weighted by Gasteiger charge is -2.31. The Labute approximate surface area is 403 Å². The number of hydrogen-bond donors (Lipinski definition) is 9. The van der Waals surface area contributed by atoms with Gasteiger partial charge in [-0.05, 0) is 60.4 Å². The smallest absolute Gasteiger partial charge is 0.243 e. The molecule has 0 saturated heterocycles. The minimum absolute atomic E-state index is 0.0149. The molecule has 17 nitrogen and oxygen atoms in total. The molecular formula is C52H69N11O6. The molecule has 6 rings (SSSR count). The average molecular weight is 944 g/mol. The van der Waals surface area contributed by atoms with Crippen LogP contribution in [0.2, 0.25) is 0 Å². The minimum atomic E-state index is -1.18. The number of rotatable bonds is 25. The molecule has 1 fully saturated rings. The largest absolute Gasteiger partial charge is 0.368 e. The second-order valence-corrected chi connectivity index (χ2v) is 18.6. The fraction of sp³-hybridized carbons (Fsp3) is 0.442. The molecule has 1 saturated carbocycles. The van der Waals surface area contributed by atoms with Gasteiger partial charge in [0.05, 0.1) is 18.1 Å². The third-order valence-corrected chi connectivity index (χ3v) is 12.8. The molecule has 2 aromatic heterocycles. The molecular weight excluding hydrogens is 875 g/mol. The molecule has 1 aliphatic carbocycles. The lowest BCUT2D eigenvalue weighted by molar-refractivity contribution is -0.136. The van der Waals surface area contributed by atoms with Crippen molar-refractivity contribution in [3.8, 4) is 0 Å². The molecule has 12 N–H and O–H groups in total. The molecule has 17 heteroatoms. The van der Waals surface area contributed by atoms with Crippen LogP contribution in [0.1, 0.15) is 87.6 Å². The van der Waals surface area contributed by atoms with Gasteiger partial charge in [-0.3, -0.25) is 28.8 Å². The molecule has 5 aromatic rings. The highest BCUT2D eigenvalue weighted by Crippen LogP contribution is 2.28. The molecule has 0 spiro atoms. The second kappa shape index (κ2) is 25.5. The number of amides is 6. The molecule has 0 radical (unpaired) electrons. The average Bonchev–Trinajstić information content (AvgIpc) is 3.98. The first-order valence-electron chi connectivity index (χ1n) is 24.2. The van der Waals surface area contributed by atoms with E-state index in [-0.39, 0.29) is 25.2 Å². The van der Waals surface area contributed by atoms with Crippen molar-refractivity contribution in [1.82, 2.24) is 41.1 Å². The number of carbonyl (C=O) groups excluding carboxylic acids is 6. The Morgan fingerprint density at radius 1 is 0.696 bits per heavy atom. The third kappa shape index (κ3) is 15.3. The number of H-pyrrole nitrogens is 1. The van der Waals surface area contributed by atoms with Crippen LogP contribution in [-0.2, 0) is 54.6 Å². The van der Waals surface area contributed by atoms with Crippen LogP contribution in [0.15, 0.2) is 104 Å². The first-order chi connectivity index (χ1) is 33.3. The number of nitrogens with two attached hydrogens (primary N) is 3. The maximum absolute atomic E-state index is 14.6. The summed E-state index contributed by atoms with van der Waals surface area (Å²) in [4.78, 5) is 91.5. The molecule has 69 heavy (non-hydrogen) atoms. The number of imidazole rings is 1. The van der Waals surface area contributed by atoms with E-state index >= 15 is 0 Å². The Morgan fingerprint density at radius 2 is 1.29 bits per heavy atom. The maximum atomic E-state index is 14.6. The van der Waals surface area contributed by atoms with E-state index < -0.39 is 77.6 Å². The van der Waals surface area contributed by atoms with Crippen LogP contribution in [-0.4, -0.2) is 92.8 Å². The molecule has 0 unspecified atom stereocenters. The number of nitrogens with one attached hydrogen (secondary N) is 6. The normalized spacial score (nSPS) is 15.6. The number of benzene rings is 3. The minimum Gasteiger partial charge on any atom is -0.368 e. The van der Waals surface area contributed by atoms with E-state index in [0.29, 0.717) is 38.0 Å². The first kappa shape index (κ1) is 51.5. The zero-order valence-electron chi connectivity index (χ0n) is 39.7. The standard InChI is InChI=1S/C52H69N11O6/c1-33(2)46(52(69)61-43(25-34-15-6-3-7-16-34)49(66)58-42(47(55)64)28-38-31-63(32-57-38)30-36-19-10-5-11-20-36)62-51(68)44(26-35-17-8-4-9-18-35)60-50(67)45(59-48(65)40(54)22-14-24-53)27-37-29-56-41-23-13-12-21-39(37)41/h3,5-7,10-13,15-16,19-21,23,29,31-33,35,40,42-46,56H,4,8-9,14,17-18,22,24-28,30,53-54H2,1-2H3,(H2,55,64)(H,58,66)(H,59,65)(H,60,67)(H,61,69)(H,62,68)/t40-,42-,43+,44-,45+,46+/m0/s1. The van der Waals surface area contributed by atoms with Crippen molar-refractivity contribution in [2.45, 2.75) is 127 Å². The highest BCUT2D eigenvalue weighted by Gasteiger charge is 2.35. The van der Waals surface area contributed by atoms with Crippen LogP contribution in [0.4, 0.5) is 0 Å². The van der Waals surface area contributed by atoms with E-state index in [1.54, 1.807) is 32.6 Å². The summed E-state index contributed by atoms with van der Waals surface area (Å²) in [6, 6.07) is 20.0. The zero-order chi connectivity index (χ0) is 49.3. The lowest BCUT2D eigenvalue weighted by Crippen LogP contribution is -2.61. The summed E-state index contributed by atoms with van der Waals surface area (Å²) in [5, 5.41) is 15.2. The fourth-order valence-electron chi connectivity index (χ4n) is 8.94. The van der Waals surface area contributed by atoms with Crippen LogP contribution in [0.5, 0.6) is 0 Å². The highest BCUT2D eigenvalue weighted by molar-refractivity contribution is 5.97. The van der Waals surface area contributed by atoms with E-state index in [2.05, 4.69) is 36.6 Å². The summed E-state index contributed by atoms with van der Waals surface area (Å²) in [5.41, 5.74) is 21.7. The van der Waals surface area contributed by atoms with E-state index in [0.717, 1.165) is 59.7 Å². The van der Waals surface area contributed by atoms with Gasteiger partial charge in [0.15, 0.2) is 0 Å². The van der Waals surface area contributed by atoms with Crippen molar-refractivity contribution in [2.24, 2.45) is 29.0 Å². The van der Waals surface area contributed by atoms with Gasteiger partial charge < -0.3 is 53.3 Å². The number of nitrogens with zero attached hydrogens (tertiary/aromatic N) is 2. The number of para-hydroxylation sites is 1. The first-order valence-corrected chi connectivity index (χ1v) is 24.2. The Morgan fingerprint density at radius 3 is 1.96 bits per heavy atom. The third-order valence-electron chi connectivity index (χ3n) is 12.8. The number of aromatic nitrogens is 3. The van der Waals surface area contributed by atoms with Crippen LogP contribution in [0.3, 0.4) is 0 Å². The Hall–Kier alpha value is -6.85. The number of fused-ring (bicyclic) bond motifs is 1. The maximum Gasteiger partial charge on any atom is 0.243 e. The number of primary amides is 1. The van der Waals surface area contributed by atoms with Gasteiger partial charge in [-0.15, -0.1) is 0 Å². The molecule has 6 atom stereocenters. The Balaban J connectivity index is 1.19. The summed E-state index contributed by atoms with van der Waals surface area (Å²) in [6.07, 6.45) is 11.4. The van der Waals surface area contributed by atoms with Crippen molar-refractivity contribution in [3.63, 3.8) is 0 Å². The quantitative estimate of drug-likeness (QED) is 0.0416. The van der Waals surface area contributed by atoms with Crippen molar-refractivity contribution in [2.75, 3.05) is 6.54 Å². The molecule has 2 heterocycles. The lowest BCUT2D eigenvalue weighted by atomic mass is 9.84.